The summed E-state index contributed by atoms with van der Waals surface area (Å²) >= 11 is 1.62. The summed E-state index contributed by atoms with van der Waals surface area (Å²) in [5, 5.41) is 2.61. The Kier molecular flexibility index (Phi) is 3.43. The fourth-order valence-electron chi connectivity index (χ4n) is 2.95. The molecule has 2 aliphatic heterocycles. The van der Waals surface area contributed by atoms with Crippen LogP contribution < -0.4 is 5.32 Å². The molecule has 0 saturated carbocycles. The summed E-state index contributed by atoms with van der Waals surface area (Å²) < 4.78 is 13.8. The monoisotopic (exact) mass is 308 g/mol. The highest BCUT2D eigenvalue weighted by atomic mass is 32.2. The highest BCUT2D eigenvalue weighted by molar-refractivity contribution is 8.01. The van der Waals surface area contributed by atoms with E-state index in [0.29, 0.717) is 12.2 Å². The summed E-state index contributed by atoms with van der Waals surface area (Å²) in [5.74, 6) is -0.206. The summed E-state index contributed by atoms with van der Waals surface area (Å²) in [6.45, 7) is 3.78. The molecule has 1 aromatic carbocycles. The number of rotatable bonds is 2. The van der Waals surface area contributed by atoms with Crippen LogP contribution in [0.25, 0.3) is 0 Å². The average molecular weight is 308 g/mol. The van der Waals surface area contributed by atoms with Crippen LogP contribution in [-0.2, 0) is 9.59 Å². The third-order valence-electron chi connectivity index (χ3n) is 4.13. The number of thioether (sulfide) groups is 1. The molecule has 2 atom stereocenters. The van der Waals surface area contributed by atoms with Crippen molar-refractivity contribution in [3.8, 4) is 0 Å². The van der Waals surface area contributed by atoms with Gasteiger partial charge in [0.25, 0.3) is 0 Å². The van der Waals surface area contributed by atoms with Gasteiger partial charge in [0.15, 0.2) is 0 Å². The van der Waals surface area contributed by atoms with Crippen molar-refractivity contribution in [3.63, 3.8) is 0 Å². The van der Waals surface area contributed by atoms with Gasteiger partial charge in [-0.05, 0) is 38.0 Å². The molecule has 2 amide bonds. The maximum absolute atomic E-state index is 13.8. The molecular weight excluding hydrogens is 291 g/mol. The summed E-state index contributed by atoms with van der Waals surface area (Å²) in [6, 6.07) is 4.16. The highest BCUT2D eigenvalue weighted by Gasteiger charge is 2.52. The van der Waals surface area contributed by atoms with Gasteiger partial charge >= 0.3 is 0 Å². The summed E-state index contributed by atoms with van der Waals surface area (Å²) in [4.78, 5) is 25.8. The lowest BCUT2D eigenvalue weighted by Crippen LogP contribution is -2.48. The zero-order valence-corrected chi connectivity index (χ0v) is 12.8. The van der Waals surface area contributed by atoms with Crippen molar-refractivity contribution in [2.45, 2.75) is 37.6 Å². The van der Waals surface area contributed by atoms with Crippen LogP contribution in [0, 0.1) is 12.7 Å². The minimum absolute atomic E-state index is 0.00651. The quantitative estimate of drug-likeness (QED) is 0.913. The van der Waals surface area contributed by atoms with Crippen LogP contribution in [0.3, 0.4) is 0 Å². The minimum Gasteiger partial charge on any atom is -0.322 e. The van der Waals surface area contributed by atoms with Crippen LogP contribution >= 0.6 is 11.8 Å². The van der Waals surface area contributed by atoms with Crippen molar-refractivity contribution in [2.75, 3.05) is 11.1 Å². The number of carbonyl (C=O) groups excluding carboxylic acids is 2. The second-order valence-electron chi connectivity index (χ2n) is 5.74. The van der Waals surface area contributed by atoms with Crippen LogP contribution in [0.5, 0.6) is 0 Å². The van der Waals surface area contributed by atoms with Gasteiger partial charge in [-0.25, -0.2) is 4.39 Å². The second kappa shape index (κ2) is 5.02. The molecule has 2 saturated heterocycles. The van der Waals surface area contributed by atoms with E-state index in [1.54, 1.807) is 35.7 Å². The van der Waals surface area contributed by atoms with Crippen molar-refractivity contribution < 1.29 is 14.0 Å². The average Bonchev–Trinajstić information content (AvgIpc) is 2.90. The molecule has 0 radical (unpaired) electrons. The highest BCUT2D eigenvalue weighted by Crippen LogP contribution is 2.47. The second-order valence-corrected chi connectivity index (χ2v) is 7.24. The molecule has 112 valence electrons. The Hall–Kier alpha value is -1.56. The standard InChI is InChI=1S/C15H17FN2O2S/c1-9-3-4-11(10(16)7-9)17-14(20)12-8-21-15(2)6-5-13(19)18(12)15/h3-4,7,12H,5-6,8H2,1-2H3,(H,17,20). The van der Waals surface area contributed by atoms with E-state index in [2.05, 4.69) is 5.32 Å². The van der Waals surface area contributed by atoms with Crippen LogP contribution in [0.4, 0.5) is 10.1 Å². The van der Waals surface area contributed by atoms with E-state index in [9.17, 15) is 14.0 Å². The number of nitrogens with one attached hydrogen (secondary N) is 1. The molecule has 1 aromatic rings. The zero-order valence-electron chi connectivity index (χ0n) is 12.0. The maximum atomic E-state index is 13.8. The number of halogens is 1. The molecule has 2 unspecified atom stereocenters. The molecule has 0 spiro atoms. The number of hydrogen-bond donors (Lipinski definition) is 1. The SMILES string of the molecule is Cc1ccc(NC(=O)C2CSC3(C)CCC(=O)N23)c(F)c1. The topological polar surface area (TPSA) is 49.4 Å². The van der Waals surface area contributed by atoms with Crippen molar-refractivity contribution in [3.05, 3.63) is 29.6 Å². The molecular formula is C15H17FN2O2S. The Morgan fingerprint density at radius 2 is 2.29 bits per heavy atom. The Labute approximate surface area is 127 Å². The number of carbonyl (C=O) groups is 2. The first kappa shape index (κ1) is 14.4. The normalized spacial score (nSPS) is 27.9. The summed E-state index contributed by atoms with van der Waals surface area (Å²) in [7, 11) is 0. The molecule has 1 N–H and O–H groups in total. The molecule has 0 bridgehead atoms. The third-order valence-corrected chi connectivity index (χ3v) is 5.64. The maximum Gasteiger partial charge on any atom is 0.248 e. The van der Waals surface area contributed by atoms with Crippen molar-refractivity contribution in [1.82, 2.24) is 4.90 Å². The van der Waals surface area contributed by atoms with E-state index >= 15 is 0 Å². The number of amides is 2. The van der Waals surface area contributed by atoms with E-state index in [-0.39, 0.29) is 22.4 Å². The summed E-state index contributed by atoms with van der Waals surface area (Å²) in [6.07, 6.45) is 1.24. The van der Waals surface area contributed by atoms with Crippen LogP contribution in [-0.4, -0.2) is 33.4 Å². The minimum atomic E-state index is -0.518. The number of nitrogens with zero attached hydrogens (tertiary/aromatic N) is 1. The van der Waals surface area contributed by atoms with E-state index in [1.807, 2.05) is 6.92 Å². The van der Waals surface area contributed by atoms with Gasteiger partial charge in [-0.2, -0.15) is 0 Å². The first-order valence-corrected chi connectivity index (χ1v) is 7.92. The molecule has 2 aliphatic rings. The van der Waals surface area contributed by atoms with Gasteiger partial charge in [0, 0.05) is 12.2 Å². The predicted molar refractivity (Wildman–Crippen MR) is 80.5 cm³/mol. The molecule has 21 heavy (non-hydrogen) atoms. The van der Waals surface area contributed by atoms with Gasteiger partial charge in [0.2, 0.25) is 11.8 Å². The van der Waals surface area contributed by atoms with Crippen molar-refractivity contribution in [1.29, 1.82) is 0 Å². The zero-order chi connectivity index (χ0) is 15.2. The number of fused-ring (bicyclic) bond motifs is 1. The van der Waals surface area contributed by atoms with Gasteiger partial charge in [-0.1, -0.05) is 6.07 Å². The van der Waals surface area contributed by atoms with Crippen LogP contribution in [0.15, 0.2) is 18.2 Å². The van der Waals surface area contributed by atoms with E-state index in [0.717, 1.165) is 12.0 Å². The largest absolute Gasteiger partial charge is 0.322 e. The third kappa shape index (κ3) is 2.41. The molecule has 2 heterocycles. The van der Waals surface area contributed by atoms with E-state index < -0.39 is 11.9 Å². The lowest BCUT2D eigenvalue weighted by molar-refractivity contribution is -0.135. The predicted octanol–water partition coefficient (Wildman–Crippen LogP) is 2.53. The van der Waals surface area contributed by atoms with Gasteiger partial charge in [0.05, 0.1) is 10.6 Å². The van der Waals surface area contributed by atoms with Gasteiger partial charge < -0.3 is 10.2 Å². The molecule has 4 nitrogen and oxygen atoms in total. The smallest absolute Gasteiger partial charge is 0.248 e. The Balaban J connectivity index is 1.78. The van der Waals surface area contributed by atoms with Gasteiger partial charge in [-0.15, -0.1) is 11.8 Å². The number of anilines is 1. The lowest BCUT2D eigenvalue weighted by Gasteiger charge is -2.29. The fourth-order valence-corrected chi connectivity index (χ4v) is 4.38. The molecule has 3 rings (SSSR count). The Morgan fingerprint density at radius 1 is 1.52 bits per heavy atom. The number of benzene rings is 1. The van der Waals surface area contributed by atoms with E-state index in [4.69, 9.17) is 0 Å². The van der Waals surface area contributed by atoms with Crippen LogP contribution in [0.2, 0.25) is 0 Å². The molecule has 2 fully saturated rings. The Morgan fingerprint density at radius 3 is 3.00 bits per heavy atom. The molecule has 0 aliphatic carbocycles. The lowest BCUT2D eigenvalue weighted by atomic mass is 10.2. The van der Waals surface area contributed by atoms with Crippen LogP contribution in [0.1, 0.15) is 25.3 Å². The first-order chi connectivity index (χ1) is 9.90. The number of hydrogen-bond acceptors (Lipinski definition) is 3. The molecule has 6 heteroatoms. The molecule has 0 aromatic heterocycles. The van der Waals surface area contributed by atoms with Gasteiger partial charge in [-0.3, -0.25) is 9.59 Å². The van der Waals surface area contributed by atoms with Crippen molar-refractivity contribution in [2.24, 2.45) is 0 Å². The Bertz CT molecular complexity index is 622. The fraction of sp³-hybridized carbons (Fsp3) is 0.467. The summed E-state index contributed by atoms with van der Waals surface area (Å²) in [5.41, 5.74) is 0.958. The first-order valence-electron chi connectivity index (χ1n) is 6.94. The van der Waals surface area contributed by atoms with Crippen molar-refractivity contribution >= 4 is 29.3 Å². The van der Waals surface area contributed by atoms with E-state index in [1.165, 1.54) is 6.07 Å². The number of aryl methyl sites for hydroxylation is 1. The van der Waals surface area contributed by atoms with Gasteiger partial charge in [0.1, 0.15) is 11.9 Å².